The number of hydrogen-bond acceptors (Lipinski definition) is 3. The number of aliphatic hydroxyl groups excluding tert-OH is 1. The molecule has 5 nitrogen and oxygen atoms in total. The van der Waals surface area contributed by atoms with Crippen LogP contribution in [0.4, 0.5) is 0 Å². The first-order valence-electron chi connectivity index (χ1n) is 6.58. The lowest BCUT2D eigenvalue weighted by molar-refractivity contribution is -0.681. The van der Waals surface area contributed by atoms with E-state index in [-0.39, 0.29) is 5.56 Å². The largest absolute Gasteiger partial charge is 0.545 e. The molecule has 0 aliphatic heterocycles. The third-order valence-corrected chi connectivity index (χ3v) is 3.26. The molecule has 0 spiro atoms. The Morgan fingerprint density at radius 3 is 2.80 bits per heavy atom. The molecule has 0 saturated heterocycles. The topological polar surface area (TPSA) is 69.2 Å². The van der Waals surface area contributed by atoms with Crippen molar-refractivity contribution in [2.24, 2.45) is 7.05 Å². The first-order chi connectivity index (χ1) is 9.54. The average Bonchev–Trinajstić information content (AvgIpc) is 2.79. The van der Waals surface area contributed by atoms with Crippen molar-refractivity contribution in [3.8, 4) is 0 Å². The standard InChI is InChI=1S/C15H18N2O3/c1-3-8-17-9-13(16(2)10-17)14(18)11-6-4-5-7-12(11)15(19)20/h4-7,9-10,14,18H,3,8H2,1-2H3. The van der Waals surface area contributed by atoms with Crippen molar-refractivity contribution < 1.29 is 19.6 Å². The smallest absolute Gasteiger partial charge is 0.243 e. The second-order valence-corrected chi connectivity index (χ2v) is 4.80. The van der Waals surface area contributed by atoms with Crippen molar-refractivity contribution in [2.45, 2.75) is 26.0 Å². The van der Waals surface area contributed by atoms with Gasteiger partial charge in [0.05, 0.1) is 19.6 Å². The molecule has 2 rings (SSSR count). The van der Waals surface area contributed by atoms with Gasteiger partial charge < -0.3 is 15.0 Å². The first-order valence-corrected chi connectivity index (χ1v) is 6.58. The molecule has 2 aromatic rings. The fraction of sp³-hybridized carbons (Fsp3) is 0.333. The number of benzene rings is 1. The summed E-state index contributed by atoms with van der Waals surface area (Å²) in [5, 5.41) is 21.6. The van der Waals surface area contributed by atoms with E-state index in [2.05, 4.69) is 6.92 Å². The van der Waals surface area contributed by atoms with Gasteiger partial charge in [-0.05, 0) is 12.0 Å². The lowest BCUT2D eigenvalue weighted by Crippen LogP contribution is -2.33. The zero-order valence-corrected chi connectivity index (χ0v) is 11.6. The molecule has 0 amide bonds. The van der Waals surface area contributed by atoms with Gasteiger partial charge in [0, 0.05) is 5.56 Å². The molecule has 0 aliphatic rings. The zero-order chi connectivity index (χ0) is 14.7. The Morgan fingerprint density at radius 2 is 2.15 bits per heavy atom. The summed E-state index contributed by atoms with van der Waals surface area (Å²) < 4.78 is 3.77. The molecular formula is C15H18N2O3. The fourth-order valence-electron chi connectivity index (χ4n) is 2.31. The SMILES string of the molecule is CCCn1cc(C(O)c2ccccc2C(=O)[O-])[n+](C)c1. The number of nitrogens with zero attached hydrogens (tertiary/aromatic N) is 2. The lowest BCUT2D eigenvalue weighted by Gasteiger charge is -2.14. The normalized spacial score (nSPS) is 12.3. The highest BCUT2D eigenvalue weighted by molar-refractivity contribution is 5.87. The highest BCUT2D eigenvalue weighted by atomic mass is 16.4. The maximum atomic E-state index is 11.1. The molecule has 1 atom stereocenters. The second kappa shape index (κ2) is 5.88. The van der Waals surface area contributed by atoms with Crippen molar-refractivity contribution in [3.05, 3.63) is 53.6 Å². The molecule has 0 saturated carbocycles. The van der Waals surface area contributed by atoms with Crippen LogP contribution >= 0.6 is 0 Å². The zero-order valence-electron chi connectivity index (χ0n) is 11.6. The molecule has 1 heterocycles. The molecule has 0 bridgehead atoms. The van der Waals surface area contributed by atoms with Gasteiger partial charge in [0.1, 0.15) is 12.3 Å². The Kier molecular flexibility index (Phi) is 4.20. The molecule has 20 heavy (non-hydrogen) atoms. The van der Waals surface area contributed by atoms with Crippen LogP contribution in [0.3, 0.4) is 0 Å². The third-order valence-electron chi connectivity index (χ3n) is 3.26. The first kappa shape index (κ1) is 14.3. The average molecular weight is 274 g/mol. The predicted molar refractivity (Wildman–Crippen MR) is 70.7 cm³/mol. The molecule has 0 fully saturated rings. The van der Waals surface area contributed by atoms with Crippen molar-refractivity contribution in [1.29, 1.82) is 0 Å². The fourth-order valence-corrected chi connectivity index (χ4v) is 2.31. The van der Waals surface area contributed by atoms with Crippen molar-refractivity contribution in [2.75, 3.05) is 0 Å². The van der Waals surface area contributed by atoms with E-state index in [4.69, 9.17) is 0 Å². The van der Waals surface area contributed by atoms with Crippen LogP contribution in [0.25, 0.3) is 0 Å². The molecule has 1 aromatic carbocycles. The number of carbonyl (C=O) groups is 1. The Bertz CT molecular complexity index is 619. The number of carboxylic acid groups (broad SMARTS) is 1. The van der Waals surface area contributed by atoms with Crippen molar-refractivity contribution in [3.63, 3.8) is 0 Å². The van der Waals surface area contributed by atoms with Crippen LogP contribution in [0.15, 0.2) is 36.8 Å². The monoisotopic (exact) mass is 274 g/mol. The Labute approximate surface area is 117 Å². The van der Waals surface area contributed by atoms with E-state index >= 15 is 0 Å². The van der Waals surface area contributed by atoms with E-state index in [9.17, 15) is 15.0 Å². The minimum absolute atomic E-state index is 0.0169. The summed E-state index contributed by atoms with van der Waals surface area (Å²) in [6.45, 7) is 2.92. The molecule has 0 aliphatic carbocycles. The number of imidazole rings is 1. The number of carbonyl (C=O) groups excluding carboxylic acids is 1. The van der Waals surface area contributed by atoms with Gasteiger partial charge in [0.2, 0.25) is 6.33 Å². The minimum Gasteiger partial charge on any atom is -0.545 e. The van der Waals surface area contributed by atoms with E-state index in [0.717, 1.165) is 13.0 Å². The van der Waals surface area contributed by atoms with Gasteiger partial charge in [-0.25, -0.2) is 9.13 Å². The van der Waals surface area contributed by atoms with Crippen LogP contribution in [-0.2, 0) is 13.6 Å². The lowest BCUT2D eigenvalue weighted by atomic mass is 10.0. The van der Waals surface area contributed by atoms with Crippen LogP contribution in [0, 0.1) is 0 Å². The van der Waals surface area contributed by atoms with Gasteiger partial charge in [-0.3, -0.25) is 0 Å². The Hall–Kier alpha value is -2.14. The van der Waals surface area contributed by atoms with Crippen LogP contribution < -0.4 is 9.67 Å². The summed E-state index contributed by atoms with van der Waals surface area (Å²) in [7, 11) is 1.83. The summed E-state index contributed by atoms with van der Waals surface area (Å²) in [5.74, 6) is -1.28. The summed E-state index contributed by atoms with van der Waals surface area (Å²) in [6, 6.07) is 6.36. The van der Waals surface area contributed by atoms with Gasteiger partial charge in [-0.1, -0.05) is 31.2 Å². The van der Waals surface area contributed by atoms with Gasteiger partial charge in [0.25, 0.3) is 0 Å². The maximum Gasteiger partial charge on any atom is 0.243 e. The predicted octanol–water partition coefficient (Wildman–Crippen LogP) is 0.168. The third kappa shape index (κ3) is 2.72. The highest BCUT2D eigenvalue weighted by Gasteiger charge is 2.22. The van der Waals surface area contributed by atoms with Crippen LogP contribution in [0.1, 0.15) is 41.1 Å². The van der Waals surface area contributed by atoms with E-state index in [1.165, 1.54) is 6.07 Å². The number of hydrogen-bond donors (Lipinski definition) is 1. The van der Waals surface area contributed by atoms with Crippen LogP contribution in [0.2, 0.25) is 0 Å². The number of aliphatic hydroxyl groups is 1. The van der Waals surface area contributed by atoms with Gasteiger partial charge >= 0.3 is 0 Å². The summed E-state index contributed by atoms with van der Waals surface area (Å²) >= 11 is 0. The van der Waals surface area contributed by atoms with E-state index in [1.807, 2.05) is 24.1 Å². The molecule has 106 valence electrons. The summed E-state index contributed by atoms with van der Waals surface area (Å²) in [5.41, 5.74) is 1.01. The highest BCUT2D eigenvalue weighted by Crippen LogP contribution is 2.22. The maximum absolute atomic E-state index is 11.1. The van der Waals surface area contributed by atoms with E-state index in [0.29, 0.717) is 11.3 Å². The number of carboxylic acids is 1. The van der Waals surface area contributed by atoms with E-state index in [1.54, 1.807) is 22.8 Å². The number of aromatic nitrogens is 2. The molecular weight excluding hydrogens is 256 g/mol. The molecule has 1 unspecified atom stereocenters. The molecule has 5 heteroatoms. The van der Waals surface area contributed by atoms with Crippen molar-refractivity contribution in [1.82, 2.24) is 4.57 Å². The van der Waals surface area contributed by atoms with Gasteiger partial charge in [-0.15, -0.1) is 0 Å². The summed E-state index contributed by atoms with van der Waals surface area (Å²) in [6.07, 6.45) is 3.70. The minimum atomic E-state index is -1.28. The van der Waals surface area contributed by atoms with Crippen molar-refractivity contribution >= 4 is 5.97 Å². The Morgan fingerprint density at radius 1 is 1.45 bits per heavy atom. The second-order valence-electron chi connectivity index (χ2n) is 4.80. The number of rotatable bonds is 5. The van der Waals surface area contributed by atoms with E-state index < -0.39 is 12.1 Å². The number of aromatic carboxylic acids is 1. The molecule has 0 radical (unpaired) electrons. The van der Waals surface area contributed by atoms with Gasteiger partial charge in [0.15, 0.2) is 5.69 Å². The molecule has 1 N–H and O–H groups in total. The van der Waals surface area contributed by atoms with Crippen LogP contribution in [0.5, 0.6) is 0 Å². The quantitative estimate of drug-likeness (QED) is 0.790. The van der Waals surface area contributed by atoms with Crippen LogP contribution in [-0.4, -0.2) is 15.6 Å². The van der Waals surface area contributed by atoms with Gasteiger partial charge in [-0.2, -0.15) is 0 Å². The molecule has 1 aromatic heterocycles. The summed E-state index contributed by atoms with van der Waals surface area (Å²) in [4.78, 5) is 11.1. The Balaban J connectivity index is 2.41. The number of aryl methyl sites for hydroxylation is 2.